The Bertz CT molecular complexity index is 584. The number of nitrogens with one attached hydrogen (secondary N) is 1. The minimum absolute atomic E-state index is 0.0728. The molecule has 6 heteroatoms. The van der Waals surface area contributed by atoms with Gasteiger partial charge in [-0.05, 0) is 25.5 Å². The number of halogens is 2. The fraction of sp³-hybridized carbons (Fsp3) is 0.357. The normalized spacial score (nSPS) is 10.8. The van der Waals surface area contributed by atoms with E-state index in [1.54, 1.807) is 7.11 Å². The van der Waals surface area contributed by atoms with Crippen molar-refractivity contribution in [3.05, 3.63) is 41.7 Å². The van der Waals surface area contributed by atoms with Crippen molar-refractivity contribution >= 4 is 11.6 Å². The molecule has 20 heavy (non-hydrogen) atoms. The van der Waals surface area contributed by atoms with Crippen LogP contribution >= 0.6 is 0 Å². The van der Waals surface area contributed by atoms with Gasteiger partial charge in [0.1, 0.15) is 11.6 Å². The van der Waals surface area contributed by atoms with Crippen LogP contribution in [0.3, 0.4) is 0 Å². The van der Waals surface area contributed by atoms with Crippen LogP contribution in [0.4, 0.5) is 20.4 Å². The zero-order valence-electron chi connectivity index (χ0n) is 11.5. The molecular weight excluding hydrogens is 264 g/mol. The largest absolute Gasteiger partial charge is 0.385 e. The lowest BCUT2D eigenvalue weighted by Crippen LogP contribution is -2.06. The van der Waals surface area contributed by atoms with Crippen molar-refractivity contribution < 1.29 is 13.5 Å². The van der Waals surface area contributed by atoms with E-state index in [4.69, 9.17) is 4.74 Å². The van der Waals surface area contributed by atoms with E-state index in [9.17, 15) is 8.78 Å². The molecule has 0 aliphatic carbocycles. The smallest absolute Gasteiger partial charge is 0.207 e. The number of aryl methyl sites for hydroxylation is 2. The summed E-state index contributed by atoms with van der Waals surface area (Å²) in [5.41, 5.74) is 0.880. The fourth-order valence-electron chi connectivity index (χ4n) is 1.91. The molecule has 1 heterocycles. The molecule has 0 atom stereocenters. The lowest BCUT2D eigenvalue weighted by atomic mass is 10.3. The summed E-state index contributed by atoms with van der Waals surface area (Å²) in [6.45, 7) is 3.17. The molecule has 0 saturated carbocycles. The van der Waals surface area contributed by atoms with Crippen LogP contribution in [-0.4, -0.2) is 23.3 Å². The van der Waals surface area contributed by atoms with E-state index >= 15 is 0 Å². The summed E-state index contributed by atoms with van der Waals surface area (Å²) in [4.78, 5) is 4.28. The number of hydrogen-bond donors (Lipinski definition) is 1. The van der Waals surface area contributed by atoms with Gasteiger partial charge < -0.3 is 14.6 Å². The van der Waals surface area contributed by atoms with Crippen molar-refractivity contribution in [2.45, 2.75) is 19.9 Å². The Morgan fingerprint density at radius 3 is 2.90 bits per heavy atom. The van der Waals surface area contributed by atoms with E-state index < -0.39 is 11.6 Å². The topological polar surface area (TPSA) is 39.1 Å². The van der Waals surface area contributed by atoms with E-state index in [0.29, 0.717) is 19.1 Å². The summed E-state index contributed by atoms with van der Waals surface area (Å²) in [6, 6.07) is 3.28. The van der Waals surface area contributed by atoms with Crippen molar-refractivity contribution in [3.8, 4) is 0 Å². The molecular formula is C14H17F2N3O. The summed E-state index contributed by atoms with van der Waals surface area (Å²) < 4.78 is 33.6. The lowest BCUT2D eigenvalue weighted by molar-refractivity contribution is 0.190. The Labute approximate surface area is 116 Å². The number of ether oxygens (including phenoxy) is 1. The SMILES string of the molecule is COCCCn1cc(C)nc1Nc1cc(F)ccc1F. The monoisotopic (exact) mass is 281 g/mol. The van der Waals surface area contributed by atoms with Gasteiger partial charge in [0.15, 0.2) is 0 Å². The zero-order chi connectivity index (χ0) is 14.5. The maximum absolute atomic E-state index is 13.6. The summed E-state index contributed by atoms with van der Waals surface area (Å²) >= 11 is 0. The summed E-state index contributed by atoms with van der Waals surface area (Å²) in [5, 5.41) is 2.83. The standard InChI is InChI=1S/C14H17F2N3O/c1-10-9-19(6-3-7-20-2)14(17-10)18-13-8-11(15)4-5-12(13)16/h4-5,8-9H,3,6-7H2,1-2H3,(H,17,18). The van der Waals surface area contributed by atoms with Crippen LogP contribution in [0.2, 0.25) is 0 Å². The second-order valence-electron chi connectivity index (χ2n) is 4.49. The Morgan fingerprint density at radius 1 is 1.35 bits per heavy atom. The second kappa shape index (κ2) is 6.47. The van der Waals surface area contributed by atoms with Crippen LogP contribution in [0.25, 0.3) is 0 Å². The van der Waals surface area contributed by atoms with Gasteiger partial charge in [0.05, 0.1) is 11.4 Å². The number of imidazole rings is 1. The van der Waals surface area contributed by atoms with Gasteiger partial charge in [-0.25, -0.2) is 13.8 Å². The number of nitrogens with zero attached hydrogens (tertiary/aromatic N) is 2. The first-order valence-corrected chi connectivity index (χ1v) is 6.35. The third kappa shape index (κ3) is 3.54. The molecule has 0 amide bonds. The lowest BCUT2D eigenvalue weighted by Gasteiger charge is -2.10. The van der Waals surface area contributed by atoms with Crippen LogP contribution < -0.4 is 5.32 Å². The minimum Gasteiger partial charge on any atom is -0.385 e. The molecule has 2 rings (SSSR count). The average molecular weight is 281 g/mol. The van der Waals surface area contributed by atoms with Crippen molar-refractivity contribution in [2.75, 3.05) is 19.0 Å². The number of hydrogen-bond acceptors (Lipinski definition) is 3. The average Bonchev–Trinajstić information content (AvgIpc) is 2.74. The highest BCUT2D eigenvalue weighted by Gasteiger charge is 2.09. The van der Waals surface area contributed by atoms with Gasteiger partial charge in [-0.3, -0.25) is 0 Å². The van der Waals surface area contributed by atoms with Gasteiger partial charge in [-0.15, -0.1) is 0 Å². The molecule has 0 bridgehead atoms. The van der Waals surface area contributed by atoms with Crippen LogP contribution in [0, 0.1) is 18.6 Å². The molecule has 108 valence electrons. The summed E-state index contributed by atoms with van der Waals surface area (Å²) in [6.07, 6.45) is 2.67. The molecule has 0 aliphatic heterocycles. The van der Waals surface area contributed by atoms with Gasteiger partial charge in [0, 0.05) is 32.5 Å². The number of benzene rings is 1. The van der Waals surface area contributed by atoms with E-state index in [1.165, 1.54) is 0 Å². The molecule has 2 aromatic rings. The number of rotatable bonds is 6. The zero-order valence-corrected chi connectivity index (χ0v) is 11.5. The molecule has 0 aliphatic rings. The van der Waals surface area contributed by atoms with Crippen LogP contribution in [0.1, 0.15) is 12.1 Å². The highest BCUT2D eigenvalue weighted by atomic mass is 19.1. The van der Waals surface area contributed by atoms with Crippen LogP contribution in [-0.2, 0) is 11.3 Å². The molecule has 4 nitrogen and oxygen atoms in total. The third-order valence-electron chi connectivity index (χ3n) is 2.82. The predicted octanol–water partition coefficient (Wildman–Crippen LogP) is 3.25. The van der Waals surface area contributed by atoms with Crippen LogP contribution in [0.5, 0.6) is 0 Å². The molecule has 0 fully saturated rings. The Kier molecular flexibility index (Phi) is 4.68. The van der Waals surface area contributed by atoms with Gasteiger partial charge in [-0.1, -0.05) is 0 Å². The molecule has 0 spiro atoms. The van der Waals surface area contributed by atoms with Gasteiger partial charge >= 0.3 is 0 Å². The van der Waals surface area contributed by atoms with Gasteiger partial charge in [-0.2, -0.15) is 0 Å². The van der Waals surface area contributed by atoms with Crippen molar-refractivity contribution in [2.24, 2.45) is 0 Å². The molecule has 0 saturated heterocycles. The quantitative estimate of drug-likeness (QED) is 0.826. The van der Waals surface area contributed by atoms with Crippen molar-refractivity contribution in [3.63, 3.8) is 0 Å². The number of methoxy groups -OCH3 is 1. The Morgan fingerprint density at radius 2 is 2.15 bits per heavy atom. The fourth-order valence-corrected chi connectivity index (χ4v) is 1.91. The molecule has 0 unspecified atom stereocenters. The molecule has 0 radical (unpaired) electrons. The Balaban J connectivity index is 2.17. The van der Waals surface area contributed by atoms with E-state index in [0.717, 1.165) is 30.3 Å². The second-order valence-corrected chi connectivity index (χ2v) is 4.49. The first-order chi connectivity index (χ1) is 9.60. The van der Waals surface area contributed by atoms with E-state index in [1.807, 2.05) is 17.7 Å². The molecule has 1 aromatic carbocycles. The van der Waals surface area contributed by atoms with Crippen LogP contribution in [0.15, 0.2) is 24.4 Å². The molecule has 1 N–H and O–H groups in total. The highest BCUT2D eigenvalue weighted by molar-refractivity contribution is 5.54. The van der Waals surface area contributed by atoms with E-state index in [-0.39, 0.29) is 5.69 Å². The maximum atomic E-state index is 13.6. The van der Waals surface area contributed by atoms with E-state index in [2.05, 4.69) is 10.3 Å². The van der Waals surface area contributed by atoms with Gasteiger partial charge in [0.25, 0.3) is 0 Å². The first-order valence-electron chi connectivity index (χ1n) is 6.35. The maximum Gasteiger partial charge on any atom is 0.207 e. The summed E-state index contributed by atoms with van der Waals surface area (Å²) in [5.74, 6) is -0.526. The highest BCUT2D eigenvalue weighted by Crippen LogP contribution is 2.21. The molecule has 1 aromatic heterocycles. The minimum atomic E-state index is -0.518. The van der Waals surface area contributed by atoms with Gasteiger partial charge in [0.2, 0.25) is 5.95 Å². The number of aromatic nitrogens is 2. The third-order valence-corrected chi connectivity index (χ3v) is 2.82. The number of anilines is 2. The first kappa shape index (κ1) is 14.5. The predicted molar refractivity (Wildman–Crippen MR) is 73.1 cm³/mol. The summed E-state index contributed by atoms with van der Waals surface area (Å²) in [7, 11) is 1.64. The Hall–Kier alpha value is -1.95. The van der Waals surface area contributed by atoms with Crippen molar-refractivity contribution in [1.82, 2.24) is 9.55 Å². The van der Waals surface area contributed by atoms with Crippen molar-refractivity contribution in [1.29, 1.82) is 0 Å².